The van der Waals surface area contributed by atoms with Crippen molar-refractivity contribution in [2.24, 2.45) is 0 Å². The largest absolute Gasteiger partial charge is 0.395 e. The van der Waals surface area contributed by atoms with E-state index in [4.69, 9.17) is 5.11 Å². The normalized spacial score (nSPS) is 15.8. The van der Waals surface area contributed by atoms with E-state index in [1.54, 1.807) is 0 Å². The van der Waals surface area contributed by atoms with E-state index in [1.807, 2.05) is 0 Å². The van der Waals surface area contributed by atoms with Gasteiger partial charge in [0.05, 0.1) is 13.2 Å². The van der Waals surface area contributed by atoms with Crippen LogP contribution in [0.4, 0.5) is 0 Å². The highest BCUT2D eigenvalue weighted by molar-refractivity contribution is 5.78. The number of carbonyl (C=O) groups excluding carboxylic acids is 1. The molecule has 4 heteroatoms. The van der Waals surface area contributed by atoms with Crippen molar-refractivity contribution in [1.82, 2.24) is 10.2 Å². The molecule has 1 heterocycles. The second-order valence-corrected chi connectivity index (χ2v) is 4.62. The lowest BCUT2D eigenvalue weighted by molar-refractivity contribution is -0.122. The van der Waals surface area contributed by atoms with Crippen LogP contribution in [0.25, 0.3) is 0 Å². The van der Waals surface area contributed by atoms with Gasteiger partial charge in [-0.3, -0.25) is 9.69 Å². The molecule has 0 aliphatic carbocycles. The lowest BCUT2D eigenvalue weighted by atomic mass is 10.0. The summed E-state index contributed by atoms with van der Waals surface area (Å²) < 4.78 is 0. The van der Waals surface area contributed by atoms with Crippen LogP contribution in [-0.2, 0) is 17.6 Å². The lowest BCUT2D eigenvalue weighted by Crippen LogP contribution is -2.39. The van der Waals surface area contributed by atoms with Gasteiger partial charge in [0.15, 0.2) is 0 Å². The summed E-state index contributed by atoms with van der Waals surface area (Å²) in [4.78, 5) is 13.8. The van der Waals surface area contributed by atoms with Crippen LogP contribution in [-0.4, -0.2) is 48.7 Å². The zero-order valence-electron chi connectivity index (χ0n) is 10.6. The number of fused-ring (bicyclic) bond motifs is 1. The fraction of sp³-hybridized carbons (Fsp3) is 0.500. The molecule has 0 bridgehead atoms. The zero-order valence-corrected chi connectivity index (χ0v) is 10.6. The summed E-state index contributed by atoms with van der Waals surface area (Å²) in [5, 5.41) is 11.3. The molecule has 0 atom stereocenters. The summed E-state index contributed by atoms with van der Waals surface area (Å²) in [7, 11) is 0. The molecule has 0 saturated heterocycles. The number of hydrogen-bond donors (Lipinski definition) is 2. The van der Waals surface area contributed by atoms with Crippen molar-refractivity contribution in [2.75, 3.05) is 32.8 Å². The fourth-order valence-electron chi connectivity index (χ4n) is 2.33. The number of hydrogen-bond acceptors (Lipinski definition) is 3. The van der Waals surface area contributed by atoms with Gasteiger partial charge in [-0.2, -0.15) is 0 Å². The Morgan fingerprint density at radius 2 is 1.83 bits per heavy atom. The zero-order chi connectivity index (χ0) is 12.8. The molecule has 18 heavy (non-hydrogen) atoms. The van der Waals surface area contributed by atoms with Crippen LogP contribution in [0.5, 0.6) is 0 Å². The smallest absolute Gasteiger partial charge is 0.234 e. The van der Waals surface area contributed by atoms with Crippen molar-refractivity contribution in [3.63, 3.8) is 0 Å². The van der Waals surface area contributed by atoms with E-state index in [-0.39, 0.29) is 12.5 Å². The van der Waals surface area contributed by atoms with Crippen LogP contribution in [0.2, 0.25) is 0 Å². The molecule has 2 rings (SSSR count). The molecule has 0 saturated carbocycles. The summed E-state index contributed by atoms with van der Waals surface area (Å²) in [6, 6.07) is 8.49. The van der Waals surface area contributed by atoms with Gasteiger partial charge in [0.25, 0.3) is 0 Å². The molecule has 1 aromatic rings. The molecule has 1 aliphatic heterocycles. The first-order chi connectivity index (χ1) is 8.79. The summed E-state index contributed by atoms with van der Waals surface area (Å²) in [5.41, 5.74) is 2.80. The van der Waals surface area contributed by atoms with Crippen LogP contribution in [0.15, 0.2) is 24.3 Å². The van der Waals surface area contributed by atoms with E-state index in [0.717, 1.165) is 25.9 Å². The average molecular weight is 248 g/mol. The fourth-order valence-corrected chi connectivity index (χ4v) is 2.33. The number of carbonyl (C=O) groups is 1. The molecule has 4 nitrogen and oxygen atoms in total. The third-order valence-corrected chi connectivity index (χ3v) is 3.31. The molecule has 0 spiro atoms. The van der Waals surface area contributed by atoms with Gasteiger partial charge in [-0.1, -0.05) is 24.3 Å². The number of amides is 1. The maximum Gasteiger partial charge on any atom is 0.234 e. The third kappa shape index (κ3) is 3.55. The molecule has 0 aromatic heterocycles. The Hall–Kier alpha value is -1.39. The Bertz CT molecular complexity index is 380. The van der Waals surface area contributed by atoms with E-state index in [0.29, 0.717) is 13.1 Å². The maximum absolute atomic E-state index is 11.6. The van der Waals surface area contributed by atoms with Gasteiger partial charge in [0.2, 0.25) is 5.91 Å². The predicted octanol–water partition coefficient (Wildman–Crippen LogP) is 0.196. The minimum atomic E-state index is -0.00462. The minimum absolute atomic E-state index is 0.00280. The number of aliphatic hydroxyl groups is 1. The van der Waals surface area contributed by atoms with Crippen LogP contribution < -0.4 is 5.32 Å². The van der Waals surface area contributed by atoms with Gasteiger partial charge >= 0.3 is 0 Å². The van der Waals surface area contributed by atoms with Crippen molar-refractivity contribution >= 4 is 5.91 Å². The molecular formula is C14H20N2O2. The highest BCUT2D eigenvalue weighted by Crippen LogP contribution is 2.15. The SMILES string of the molecule is O=C(CN1CCc2ccccc2CC1)NCCO. The Labute approximate surface area is 108 Å². The van der Waals surface area contributed by atoms with Gasteiger partial charge in [-0.25, -0.2) is 0 Å². The molecule has 1 aromatic carbocycles. The predicted molar refractivity (Wildman–Crippen MR) is 70.4 cm³/mol. The first kappa shape index (κ1) is 13.1. The number of aliphatic hydroxyl groups excluding tert-OH is 1. The summed E-state index contributed by atoms with van der Waals surface area (Å²) in [6.07, 6.45) is 2.01. The van der Waals surface area contributed by atoms with Crippen LogP contribution in [0.1, 0.15) is 11.1 Å². The second kappa shape index (κ2) is 6.52. The van der Waals surface area contributed by atoms with Crippen molar-refractivity contribution in [3.05, 3.63) is 35.4 Å². The van der Waals surface area contributed by atoms with Gasteiger partial charge in [-0.05, 0) is 24.0 Å². The Morgan fingerprint density at radius 3 is 2.39 bits per heavy atom. The summed E-state index contributed by atoms with van der Waals surface area (Å²) in [5.74, 6) is -0.00462. The number of rotatable bonds is 4. The molecule has 0 fully saturated rings. The van der Waals surface area contributed by atoms with E-state index in [9.17, 15) is 4.79 Å². The summed E-state index contributed by atoms with van der Waals surface area (Å²) in [6.45, 7) is 2.60. The molecule has 2 N–H and O–H groups in total. The third-order valence-electron chi connectivity index (χ3n) is 3.31. The number of benzene rings is 1. The molecular weight excluding hydrogens is 228 g/mol. The molecule has 1 amide bonds. The van der Waals surface area contributed by atoms with Crippen molar-refractivity contribution in [1.29, 1.82) is 0 Å². The molecule has 98 valence electrons. The van der Waals surface area contributed by atoms with E-state index in [1.165, 1.54) is 11.1 Å². The Balaban J connectivity index is 1.86. The van der Waals surface area contributed by atoms with Gasteiger partial charge in [0, 0.05) is 19.6 Å². The molecule has 0 unspecified atom stereocenters. The quantitative estimate of drug-likeness (QED) is 0.800. The van der Waals surface area contributed by atoms with Crippen LogP contribution >= 0.6 is 0 Å². The van der Waals surface area contributed by atoms with E-state index < -0.39 is 0 Å². The highest BCUT2D eigenvalue weighted by atomic mass is 16.3. The van der Waals surface area contributed by atoms with E-state index >= 15 is 0 Å². The van der Waals surface area contributed by atoms with Gasteiger partial charge in [0.1, 0.15) is 0 Å². The Morgan fingerprint density at radius 1 is 1.22 bits per heavy atom. The Kier molecular flexibility index (Phi) is 4.73. The lowest BCUT2D eigenvalue weighted by Gasteiger charge is -2.18. The second-order valence-electron chi connectivity index (χ2n) is 4.62. The van der Waals surface area contributed by atoms with Crippen LogP contribution in [0, 0.1) is 0 Å². The highest BCUT2D eigenvalue weighted by Gasteiger charge is 2.15. The van der Waals surface area contributed by atoms with E-state index in [2.05, 4.69) is 34.5 Å². The number of nitrogens with one attached hydrogen (secondary N) is 1. The monoisotopic (exact) mass is 248 g/mol. The van der Waals surface area contributed by atoms with Gasteiger partial charge < -0.3 is 10.4 Å². The van der Waals surface area contributed by atoms with Crippen LogP contribution in [0.3, 0.4) is 0 Å². The molecule has 0 radical (unpaired) electrons. The standard InChI is InChI=1S/C14H20N2O2/c17-10-7-15-14(18)11-16-8-5-12-3-1-2-4-13(12)6-9-16/h1-4,17H,5-11H2,(H,15,18). The molecule has 1 aliphatic rings. The first-order valence-electron chi connectivity index (χ1n) is 6.46. The maximum atomic E-state index is 11.6. The minimum Gasteiger partial charge on any atom is -0.395 e. The topological polar surface area (TPSA) is 52.6 Å². The van der Waals surface area contributed by atoms with Crippen molar-refractivity contribution in [3.8, 4) is 0 Å². The summed E-state index contributed by atoms with van der Waals surface area (Å²) >= 11 is 0. The average Bonchev–Trinajstić information content (AvgIpc) is 2.59. The van der Waals surface area contributed by atoms with Gasteiger partial charge in [-0.15, -0.1) is 0 Å². The number of nitrogens with zero attached hydrogens (tertiary/aromatic N) is 1. The van der Waals surface area contributed by atoms with Crippen molar-refractivity contribution < 1.29 is 9.90 Å². The first-order valence-corrected chi connectivity index (χ1v) is 6.46. The van der Waals surface area contributed by atoms with Crippen molar-refractivity contribution in [2.45, 2.75) is 12.8 Å².